The summed E-state index contributed by atoms with van der Waals surface area (Å²) in [5, 5.41) is 0. The van der Waals surface area contributed by atoms with Crippen LogP contribution in [0, 0.1) is 0 Å². The van der Waals surface area contributed by atoms with Gasteiger partial charge in [-0.05, 0) is 0 Å². The minimum absolute atomic E-state index is 0.171. The average molecular weight is 270 g/mol. The molecule has 0 atom stereocenters. The Bertz CT molecular complexity index is 429. The molecule has 0 bridgehead atoms. The predicted octanol–water partition coefficient (Wildman–Crippen LogP) is -0.575. The SMILES string of the molecule is C1=NC=NC2N=CN=CN12.C1=NC=NC2N=CN=CN12. The molecule has 10 nitrogen and oxygen atoms in total. The van der Waals surface area contributed by atoms with Gasteiger partial charge in [0, 0.05) is 0 Å². The van der Waals surface area contributed by atoms with Crippen LogP contribution >= 0.6 is 0 Å². The van der Waals surface area contributed by atoms with Gasteiger partial charge in [-0.2, -0.15) is 0 Å². The lowest BCUT2D eigenvalue weighted by Gasteiger charge is -2.21. The highest BCUT2D eigenvalue weighted by Gasteiger charge is 2.14. The van der Waals surface area contributed by atoms with Crippen molar-refractivity contribution in [3.63, 3.8) is 0 Å². The highest BCUT2D eigenvalue weighted by atomic mass is 15.4. The summed E-state index contributed by atoms with van der Waals surface area (Å²) in [6, 6.07) is 0. The molecule has 100 valence electrons. The van der Waals surface area contributed by atoms with E-state index < -0.39 is 0 Å². The lowest BCUT2D eigenvalue weighted by Crippen LogP contribution is -2.34. The molecular formula is C10H10N10. The van der Waals surface area contributed by atoms with Crippen LogP contribution in [-0.2, 0) is 0 Å². The van der Waals surface area contributed by atoms with Gasteiger partial charge in [0.05, 0.1) is 0 Å². The van der Waals surface area contributed by atoms with Crippen LogP contribution in [0.5, 0.6) is 0 Å². The van der Waals surface area contributed by atoms with E-state index in [9.17, 15) is 0 Å². The van der Waals surface area contributed by atoms with E-state index in [0.717, 1.165) is 0 Å². The molecule has 0 saturated heterocycles. The number of fused-ring (bicyclic) bond motifs is 2. The predicted molar refractivity (Wildman–Crippen MR) is 79.2 cm³/mol. The molecule has 0 aromatic rings. The quantitative estimate of drug-likeness (QED) is 0.587. The van der Waals surface area contributed by atoms with Gasteiger partial charge in [-0.3, -0.25) is 9.80 Å². The number of rotatable bonds is 0. The van der Waals surface area contributed by atoms with E-state index in [0.29, 0.717) is 0 Å². The summed E-state index contributed by atoms with van der Waals surface area (Å²) in [5.41, 5.74) is 0. The molecule has 20 heavy (non-hydrogen) atoms. The molecule has 0 aromatic carbocycles. The lowest BCUT2D eigenvalue weighted by molar-refractivity contribution is 0.477. The van der Waals surface area contributed by atoms with Crippen molar-refractivity contribution in [2.45, 2.75) is 12.6 Å². The Morgan fingerprint density at radius 2 is 0.800 bits per heavy atom. The molecule has 0 spiro atoms. The Morgan fingerprint density at radius 1 is 0.500 bits per heavy atom. The van der Waals surface area contributed by atoms with Gasteiger partial charge in [-0.1, -0.05) is 0 Å². The van der Waals surface area contributed by atoms with Crippen LogP contribution < -0.4 is 0 Å². The lowest BCUT2D eigenvalue weighted by atomic mass is 10.6. The van der Waals surface area contributed by atoms with Crippen LogP contribution in [0.1, 0.15) is 0 Å². The Kier molecular flexibility index (Phi) is 3.45. The first kappa shape index (κ1) is 12.0. The fourth-order valence-electron chi connectivity index (χ4n) is 1.50. The Balaban J connectivity index is 0.000000121. The molecule has 0 aromatic heterocycles. The first-order valence-electron chi connectivity index (χ1n) is 5.68. The second-order valence-corrected chi connectivity index (χ2v) is 3.70. The zero-order valence-corrected chi connectivity index (χ0v) is 10.2. The molecule has 0 amide bonds. The van der Waals surface area contributed by atoms with Gasteiger partial charge >= 0.3 is 0 Å². The van der Waals surface area contributed by atoms with Crippen molar-refractivity contribution in [3.05, 3.63) is 0 Å². The van der Waals surface area contributed by atoms with Gasteiger partial charge in [0.25, 0.3) is 0 Å². The maximum Gasteiger partial charge on any atom is 0.225 e. The molecule has 0 unspecified atom stereocenters. The average Bonchev–Trinajstić information content (AvgIpc) is 2.56. The Hall–Kier alpha value is -3.04. The van der Waals surface area contributed by atoms with Crippen LogP contribution in [0.25, 0.3) is 0 Å². The normalized spacial score (nSPS) is 21.8. The minimum Gasteiger partial charge on any atom is -0.280 e. The fraction of sp³-hybridized carbons (Fsp3) is 0.200. The Morgan fingerprint density at radius 3 is 1.05 bits per heavy atom. The third-order valence-corrected chi connectivity index (χ3v) is 2.40. The van der Waals surface area contributed by atoms with Gasteiger partial charge in [0.2, 0.25) is 12.6 Å². The number of hydrogen-bond donors (Lipinski definition) is 0. The second-order valence-electron chi connectivity index (χ2n) is 3.70. The van der Waals surface area contributed by atoms with E-state index in [1.165, 1.54) is 25.4 Å². The van der Waals surface area contributed by atoms with Gasteiger partial charge in [-0.15, -0.1) is 0 Å². The summed E-state index contributed by atoms with van der Waals surface area (Å²) in [5.74, 6) is 0. The first-order valence-corrected chi connectivity index (χ1v) is 5.68. The topological polar surface area (TPSA) is 105 Å². The number of nitrogens with zero attached hydrogens (tertiary/aromatic N) is 10. The zero-order chi connectivity index (χ0) is 13.6. The molecular weight excluding hydrogens is 260 g/mol. The van der Waals surface area contributed by atoms with Crippen molar-refractivity contribution in [1.82, 2.24) is 9.80 Å². The van der Waals surface area contributed by atoms with Crippen molar-refractivity contribution in [2.75, 3.05) is 0 Å². The monoisotopic (exact) mass is 270 g/mol. The van der Waals surface area contributed by atoms with Crippen LogP contribution in [0.2, 0.25) is 0 Å². The van der Waals surface area contributed by atoms with Gasteiger partial charge < -0.3 is 0 Å². The molecule has 0 saturated carbocycles. The third-order valence-electron chi connectivity index (χ3n) is 2.40. The van der Waals surface area contributed by atoms with Crippen LogP contribution in [0.3, 0.4) is 0 Å². The standard InChI is InChI=1S/2C5H5N5/c2*1-6-3-10-4-7-2-9-5(10)8-1/h2*1-5H. The summed E-state index contributed by atoms with van der Waals surface area (Å²) in [7, 11) is 0. The molecule has 4 heterocycles. The van der Waals surface area contributed by atoms with Crippen molar-refractivity contribution in [1.29, 1.82) is 0 Å². The largest absolute Gasteiger partial charge is 0.280 e. The van der Waals surface area contributed by atoms with Crippen molar-refractivity contribution in [2.24, 2.45) is 39.9 Å². The zero-order valence-electron chi connectivity index (χ0n) is 10.2. The van der Waals surface area contributed by atoms with Crippen LogP contribution in [0.4, 0.5) is 0 Å². The smallest absolute Gasteiger partial charge is 0.225 e. The van der Waals surface area contributed by atoms with E-state index in [4.69, 9.17) is 0 Å². The molecule has 0 radical (unpaired) electrons. The summed E-state index contributed by atoms with van der Waals surface area (Å²) in [4.78, 5) is 34.5. The van der Waals surface area contributed by atoms with Crippen molar-refractivity contribution in [3.8, 4) is 0 Å². The van der Waals surface area contributed by atoms with Crippen LogP contribution in [-0.4, -0.2) is 73.1 Å². The summed E-state index contributed by atoms with van der Waals surface area (Å²) >= 11 is 0. The van der Waals surface area contributed by atoms with E-state index in [1.807, 2.05) is 0 Å². The molecule has 0 fully saturated rings. The highest BCUT2D eigenvalue weighted by molar-refractivity contribution is 5.88. The van der Waals surface area contributed by atoms with Gasteiger partial charge in [0.15, 0.2) is 0 Å². The molecule has 4 aliphatic rings. The number of hydrogen-bond acceptors (Lipinski definition) is 10. The third kappa shape index (κ3) is 2.68. The van der Waals surface area contributed by atoms with Crippen molar-refractivity contribution >= 4 is 50.7 Å². The maximum atomic E-state index is 3.97. The van der Waals surface area contributed by atoms with Crippen LogP contribution in [0.15, 0.2) is 39.9 Å². The van der Waals surface area contributed by atoms with Crippen molar-refractivity contribution < 1.29 is 0 Å². The van der Waals surface area contributed by atoms with Gasteiger partial charge in [0.1, 0.15) is 50.7 Å². The Labute approximate surface area is 114 Å². The number of aliphatic imine (C=N–C) groups is 8. The summed E-state index contributed by atoms with van der Waals surface area (Å²) in [6.45, 7) is 0. The summed E-state index contributed by atoms with van der Waals surface area (Å²) < 4.78 is 0. The van der Waals surface area contributed by atoms with Gasteiger partial charge in [-0.25, -0.2) is 39.9 Å². The fourth-order valence-corrected chi connectivity index (χ4v) is 1.50. The minimum atomic E-state index is -0.171. The van der Waals surface area contributed by atoms with E-state index in [-0.39, 0.29) is 12.6 Å². The molecule has 4 rings (SSSR count). The van der Waals surface area contributed by atoms with E-state index >= 15 is 0 Å². The molecule has 0 aliphatic carbocycles. The summed E-state index contributed by atoms with van der Waals surface area (Å²) in [6.07, 6.45) is 12.1. The maximum absolute atomic E-state index is 3.97. The van der Waals surface area contributed by atoms with E-state index in [2.05, 4.69) is 39.9 Å². The molecule has 10 heteroatoms. The van der Waals surface area contributed by atoms with E-state index in [1.54, 1.807) is 35.2 Å². The second kappa shape index (κ2) is 5.73. The highest BCUT2D eigenvalue weighted by Crippen LogP contribution is 2.04. The molecule has 4 aliphatic heterocycles. The first-order chi connectivity index (χ1) is 9.93. The molecule has 0 N–H and O–H groups in total.